The van der Waals surface area contributed by atoms with Crippen molar-refractivity contribution in [1.29, 1.82) is 0 Å². The van der Waals surface area contributed by atoms with Crippen LogP contribution < -0.4 is 29.6 Å². The van der Waals surface area contributed by atoms with E-state index < -0.39 is 6.04 Å². The lowest BCUT2D eigenvalue weighted by atomic mass is 10.1. The third kappa shape index (κ3) is 7.56. The van der Waals surface area contributed by atoms with E-state index in [0.29, 0.717) is 29.4 Å². The fourth-order valence-electron chi connectivity index (χ4n) is 2.96. The number of thioether (sulfide) groups is 1. The zero-order valence-electron chi connectivity index (χ0n) is 18.8. The third-order valence-electron chi connectivity index (χ3n) is 4.57. The maximum absolute atomic E-state index is 12.8. The lowest BCUT2D eigenvalue weighted by Gasteiger charge is -2.19. The molecule has 1 unspecified atom stereocenters. The molecule has 0 aromatic heterocycles. The van der Waals surface area contributed by atoms with E-state index in [4.69, 9.17) is 18.9 Å². The van der Waals surface area contributed by atoms with Crippen molar-refractivity contribution in [3.8, 4) is 23.0 Å². The van der Waals surface area contributed by atoms with Crippen LogP contribution in [0, 0.1) is 0 Å². The van der Waals surface area contributed by atoms with Crippen molar-refractivity contribution in [3.63, 3.8) is 0 Å². The molecule has 9 heteroatoms. The number of carbonyl (C=O) groups excluding carboxylic acids is 2. The van der Waals surface area contributed by atoms with Gasteiger partial charge in [-0.05, 0) is 48.3 Å². The van der Waals surface area contributed by atoms with Crippen LogP contribution in [-0.2, 0) is 16.1 Å². The molecule has 0 bridgehead atoms. The van der Waals surface area contributed by atoms with Gasteiger partial charge < -0.3 is 29.6 Å². The lowest BCUT2D eigenvalue weighted by molar-refractivity contribution is -0.130. The first-order valence-electron chi connectivity index (χ1n) is 10.0. The zero-order valence-corrected chi connectivity index (χ0v) is 19.6. The second-order valence-corrected chi connectivity index (χ2v) is 7.74. The van der Waals surface area contributed by atoms with Gasteiger partial charge in [0.25, 0.3) is 5.91 Å². The normalized spacial score (nSPS) is 11.2. The van der Waals surface area contributed by atoms with Gasteiger partial charge in [-0.25, -0.2) is 0 Å². The van der Waals surface area contributed by atoms with Crippen LogP contribution in [0.15, 0.2) is 42.5 Å². The Morgan fingerprint density at radius 3 is 2.22 bits per heavy atom. The van der Waals surface area contributed by atoms with Crippen LogP contribution in [0.25, 0.3) is 0 Å². The number of ether oxygens (including phenoxy) is 4. The Kier molecular flexibility index (Phi) is 10.5. The Morgan fingerprint density at radius 2 is 1.66 bits per heavy atom. The fourth-order valence-corrected chi connectivity index (χ4v) is 3.43. The molecular formula is C23H30N2O6S. The second-order valence-electron chi connectivity index (χ2n) is 6.75. The Bertz CT molecular complexity index is 853. The molecule has 2 aromatic rings. The van der Waals surface area contributed by atoms with Crippen molar-refractivity contribution in [3.05, 3.63) is 48.0 Å². The van der Waals surface area contributed by atoms with E-state index in [1.165, 1.54) is 21.3 Å². The minimum absolute atomic E-state index is 0.167. The summed E-state index contributed by atoms with van der Waals surface area (Å²) >= 11 is 1.60. The topological polar surface area (TPSA) is 95.1 Å². The monoisotopic (exact) mass is 462 g/mol. The van der Waals surface area contributed by atoms with Crippen molar-refractivity contribution in [2.75, 3.05) is 39.9 Å². The van der Waals surface area contributed by atoms with Gasteiger partial charge in [0, 0.05) is 6.54 Å². The summed E-state index contributed by atoms with van der Waals surface area (Å²) < 4.78 is 21.5. The highest BCUT2D eigenvalue weighted by Gasteiger charge is 2.21. The summed E-state index contributed by atoms with van der Waals surface area (Å²) in [6.45, 7) is 0.0711. The molecule has 0 heterocycles. The first-order chi connectivity index (χ1) is 15.5. The molecule has 0 fully saturated rings. The minimum atomic E-state index is -0.670. The van der Waals surface area contributed by atoms with Crippen molar-refractivity contribution in [2.45, 2.75) is 19.0 Å². The van der Waals surface area contributed by atoms with Gasteiger partial charge in [0.2, 0.25) is 11.7 Å². The number of amides is 2. The molecule has 2 rings (SSSR count). The molecule has 0 radical (unpaired) electrons. The van der Waals surface area contributed by atoms with Gasteiger partial charge in [0.15, 0.2) is 18.1 Å². The van der Waals surface area contributed by atoms with Crippen LogP contribution in [0.1, 0.15) is 12.0 Å². The molecule has 0 saturated carbocycles. The molecule has 0 spiro atoms. The smallest absolute Gasteiger partial charge is 0.258 e. The van der Waals surface area contributed by atoms with E-state index in [1.807, 2.05) is 24.5 Å². The predicted molar refractivity (Wildman–Crippen MR) is 125 cm³/mol. The molecule has 0 aliphatic carbocycles. The number of methoxy groups -OCH3 is 3. The van der Waals surface area contributed by atoms with Crippen molar-refractivity contribution in [2.24, 2.45) is 0 Å². The van der Waals surface area contributed by atoms with Crippen LogP contribution in [0.2, 0.25) is 0 Å². The number of rotatable bonds is 13. The molecule has 0 saturated heterocycles. The van der Waals surface area contributed by atoms with E-state index in [2.05, 4.69) is 10.6 Å². The molecule has 0 aliphatic rings. The standard InChI is InChI=1S/C23H30N2O6S/c1-28-19-12-16(13-20(29-2)22(19)30-3)14-24-23(27)18(10-11-32-4)25-21(26)15-31-17-8-6-5-7-9-17/h5-9,12-13,18H,10-11,14-15H2,1-4H3,(H,24,27)(H,25,26). The van der Waals surface area contributed by atoms with Crippen LogP contribution in [0.5, 0.6) is 23.0 Å². The largest absolute Gasteiger partial charge is 0.493 e. The van der Waals surface area contributed by atoms with Gasteiger partial charge in [-0.15, -0.1) is 0 Å². The fraction of sp³-hybridized carbons (Fsp3) is 0.391. The van der Waals surface area contributed by atoms with Crippen LogP contribution in [0.3, 0.4) is 0 Å². The Balaban J connectivity index is 1.99. The SMILES string of the molecule is COc1cc(CNC(=O)C(CCSC)NC(=O)COc2ccccc2)cc(OC)c1OC. The lowest BCUT2D eigenvalue weighted by Crippen LogP contribution is -2.48. The van der Waals surface area contributed by atoms with Gasteiger partial charge in [0.1, 0.15) is 11.8 Å². The van der Waals surface area contributed by atoms with Gasteiger partial charge in [0.05, 0.1) is 21.3 Å². The van der Waals surface area contributed by atoms with Crippen LogP contribution >= 0.6 is 11.8 Å². The summed E-state index contributed by atoms with van der Waals surface area (Å²) in [5.41, 5.74) is 0.773. The van der Waals surface area contributed by atoms with Crippen LogP contribution in [-0.4, -0.2) is 57.8 Å². The number of nitrogens with one attached hydrogen (secondary N) is 2. The Hall–Kier alpha value is -3.07. The summed E-state index contributed by atoms with van der Waals surface area (Å²) in [6, 6.07) is 11.9. The van der Waals surface area contributed by atoms with Crippen molar-refractivity contribution < 1.29 is 28.5 Å². The minimum Gasteiger partial charge on any atom is -0.493 e. The first kappa shape index (κ1) is 25.2. The van der Waals surface area contributed by atoms with E-state index in [-0.39, 0.29) is 25.0 Å². The number of para-hydroxylation sites is 1. The van der Waals surface area contributed by atoms with Gasteiger partial charge in [-0.2, -0.15) is 11.8 Å². The maximum Gasteiger partial charge on any atom is 0.258 e. The summed E-state index contributed by atoms with van der Waals surface area (Å²) in [5, 5.41) is 5.63. The summed E-state index contributed by atoms with van der Waals surface area (Å²) in [7, 11) is 4.60. The average Bonchev–Trinajstić information content (AvgIpc) is 2.83. The maximum atomic E-state index is 12.8. The average molecular weight is 463 g/mol. The summed E-state index contributed by atoms with van der Waals surface area (Å²) in [4.78, 5) is 25.1. The molecule has 32 heavy (non-hydrogen) atoms. The highest BCUT2D eigenvalue weighted by molar-refractivity contribution is 7.98. The molecule has 174 valence electrons. The number of benzene rings is 2. The molecular weight excluding hydrogens is 432 g/mol. The number of hydrogen-bond acceptors (Lipinski definition) is 7. The molecule has 2 aromatic carbocycles. The molecule has 2 amide bonds. The van der Waals surface area contributed by atoms with Gasteiger partial charge in [-0.3, -0.25) is 9.59 Å². The van der Waals surface area contributed by atoms with Crippen LogP contribution in [0.4, 0.5) is 0 Å². The number of hydrogen-bond donors (Lipinski definition) is 2. The summed E-state index contributed by atoms with van der Waals surface area (Å²) in [5.74, 6) is 2.16. The van der Waals surface area contributed by atoms with E-state index in [0.717, 1.165) is 11.3 Å². The van der Waals surface area contributed by atoms with Gasteiger partial charge in [-0.1, -0.05) is 18.2 Å². The Labute approximate surface area is 193 Å². The highest BCUT2D eigenvalue weighted by Crippen LogP contribution is 2.38. The predicted octanol–water partition coefficient (Wildman–Crippen LogP) is 2.65. The third-order valence-corrected chi connectivity index (χ3v) is 5.21. The zero-order chi connectivity index (χ0) is 23.3. The van der Waals surface area contributed by atoms with Gasteiger partial charge >= 0.3 is 0 Å². The molecule has 1 atom stereocenters. The summed E-state index contributed by atoms with van der Waals surface area (Å²) in [6.07, 6.45) is 2.45. The first-order valence-corrected chi connectivity index (χ1v) is 11.4. The molecule has 0 aliphatic heterocycles. The van der Waals surface area contributed by atoms with Crippen molar-refractivity contribution >= 4 is 23.6 Å². The van der Waals surface area contributed by atoms with Crippen molar-refractivity contribution in [1.82, 2.24) is 10.6 Å². The van der Waals surface area contributed by atoms with E-state index in [9.17, 15) is 9.59 Å². The molecule has 2 N–H and O–H groups in total. The Morgan fingerprint density at radius 1 is 1.00 bits per heavy atom. The number of carbonyl (C=O) groups is 2. The second kappa shape index (κ2) is 13.4. The highest BCUT2D eigenvalue weighted by atomic mass is 32.2. The molecule has 8 nitrogen and oxygen atoms in total. The van der Waals surface area contributed by atoms with E-state index >= 15 is 0 Å². The quantitative estimate of drug-likeness (QED) is 0.473. The van der Waals surface area contributed by atoms with E-state index in [1.54, 1.807) is 36.0 Å².